The highest BCUT2D eigenvalue weighted by Crippen LogP contribution is 2.19. The zero-order chi connectivity index (χ0) is 15.5. The third kappa shape index (κ3) is 4.49. The second-order valence-electron chi connectivity index (χ2n) is 5.03. The average Bonchev–Trinajstić information content (AvgIpc) is 2.72. The van der Waals surface area contributed by atoms with Gasteiger partial charge in [0.1, 0.15) is 12.4 Å². The molecule has 0 bridgehead atoms. The average molecular weight is 322 g/mol. The van der Waals surface area contributed by atoms with Crippen LogP contribution in [0.1, 0.15) is 45.9 Å². The second kappa shape index (κ2) is 6.58. The number of halogens is 1. The summed E-state index contributed by atoms with van der Waals surface area (Å²) in [6.07, 6.45) is 2.13. The first kappa shape index (κ1) is 17.0. The van der Waals surface area contributed by atoms with Crippen molar-refractivity contribution in [2.45, 2.75) is 57.6 Å². The summed E-state index contributed by atoms with van der Waals surface area (Å²) >= 11 is 0. The van der Waals surface area contributed by atoms with Crippen molar-refractivity contribution in [3.63, 3.8) is 0 Å². The Morgan fingerprint density at radius 3 is 2.50 bits per heavy atom. The molecule has 0 spiro atoms. The molecular weight excluding hydrogens is 302 g/mol. The van der Waals surface area contributed by atoms with Crippen LogP contribution in [0.25, 0.3) is 0 Å². The normalized spacial score (nSPS) is 13.5. The van der Waals surface area contributed by atoms with Gasteiger partial charge in [-0.2, -0.15) is 0 Å². The number of nitrogens with zero attached hydrogens (tertiary/aromatic N) is 2. The van der Waals surface area contributed by atoms with Gasteiger partial charge in [-0.15, -0.1) is 0 Å². The van der Waals surface area contributed by atoms with Gasteiger partial charge in [0, 0.05) is 28.8 Å². The van der Waals surface area contributed by atoms with E-state index in [9.17, 15) is 13.2 Å². The van der Waals surface area contributed by atoms with E-state index >= 15 is 0 Å². The summed E-state index contributed by atoms with van der Waals surface area (Å²) in [6, 6.07) is 0.0738. The maximum Gasteiger partial charge on any atom is 0.280 e. The molecule has 1 aromatic heterocycles. The lowest BCUT2D eigenvalue weighted by Gasteiger charge is -2.13. The molecular formula is C12H20ClN3O3S. The second-order valence-corrected chi connectivity index (χ2v) is 7.55. The molecule has 0 aliphatic rings. The Kier molecular flexibility index (Phi) is 5.59. The Morgan fingerprint density at radius 1 is 1.45 bits per heavy atom. The zero-order valence-corrected chi connectivity index (χ0v) is 13.6. The molecule has 0 aliphatic carbocycles. The van der Waals surface area contributed by atoms with Crippen LogP contribution in [-0.4, -0.2) is 29.9 Å². The number of imidazole rings is 1. The first-order chi connectivity index (χ1) is 9.15. The highest BCUT2D eigenvalue weighted by atomic mass is 35.7. The summed E-state index contributed by atoms with van der Waals surface area (Å²) < 4.78 is 24.2. The predicted molar refractivity (Wildman–Crippen MR) is 77.3 cm³/mol. The number of rotatable bonds is 6. The molecule has 20 heavy (non-hydrogen) atoms. The van der Waals surface area contributed by atoms with Crippen LogP contribution >= 0.6 is 10.7 Å². The van der Waals surface area contributed by atoms with Gasteiger partial charge in [-0.1, -0.05) is 20.8 Å². The molecule has 1 N–H and O–H groups in total. The third-order valence-electron chi connectivity index (χ3n) is 2.89. The number of nitrogens with one attached hydrogen (secondary N) is 1. The minimum atomic E-state index is -3.89. The highest BCUT2D eigenvalue weighted by Gasteiger charge is 2.20. The number of carbonyl (C=O) groups excluding carboxylic acids is 1. The summed E-state index contributed by atoms with van der Waals surface area (Å²) in [5.74, 6) is 0.319. The number of hydrogen-bond donors (Lipinski definition) is 1. The van der Waals surface area contributed by atoms with Crippen LogP contribution in [0.5, 0.6) is 0 Å². The van der Waals surface area contributed by atoms with Crippen molar-refractivity contribution in [3.8, 4) is 0 Å². The van der Waals surface area contributed by atoms with Gasteiger partial charge in [-0.05, 0) is 13.3 Å². The van der Waals surface area contributed by atoms with Gasteiger partial charge in [0.2, 0.25) is 5.91 Å². The number of aromatic nitrogens is 2. The maximum atomic E-state index is 11.9. The van der Waals surface area contributed by atoms with Crippen molar-refractivity contribution in [1.82, 2.24) is 14.9 Å². The minimum absolute atomic E-state index is 0.0152. The lowest BCUT2D eigenvalue weighted by Crippen LogP contribution is -2.34. The lowest BCUT2D eigenvalue weighted by atomic mass is 10.2. The van der Waals surface area contributed by atoms with E-state index in [1.165, 1.54) is 10.8 Å². The standard InChI is InChI=1S/C12H20ClN3O3S/c1-5-9(4)14-10(17)6-16-7-11(20(13,18)19)15-12(16)8(2)3/h7-9H,5-6H2,1-4H3,(H,14,17). The van der Waals surface area contributed by atoms with Crippen molar-refractivity contribution in [3.05, 3.63) is 12.0 Å². The summed E-state index contributed by atoms with van der Waals surface area (Å²) in [4.78, 5) is 15.9. The minimum Gasteiger partial charge on any atom is -0.352 e. The van der Waals surface area contributed by atoms with E-state index < -0.39 is 9.05 Å². The van der Waals surface area contributed by atoms with E-state index in [4.69, 9.17) is 10.7 Å². The molecule has 0 saturated heterocycles. The molecule has 1 heterocycles. The number of hydrogen-bond acceptors (Lipinski definition) is 4. The van der Waals surface area contributed by atoms with E-state index in [0.717, 1.165) is 6.42 Å². The van der Waals surface area contributed by atoms with Crippen molar-refractivity contribution >= 4 is 25.6 Å². The summed E-state index contributed by atoms with van der Waals surface area (Å²) in [7, 11) is 1.39. The van der Waals surface area contributed by atoms with Gasteiger partial charge in [-0.25, -0.2) is 13.4 Å². The first-order valence-electron chi connectivity index (χ1n) is 6.46. The highest BCUT2D eigenvalue weighted by molar-refractivity contribution is 8.13. The van der Waals surface area contributed by atoms with Crippen LogP contribution in [-0.2, 0) is 20.4 Å². The molecule has 8 heteroatoms. The molecule has 1 atom stereocenters. The van der Waals surface area contributed by atoms with Crippen LogP contribution in [0.3, 0.4) is 0 Å². The fraction of sp³-hybridized carbons (Fsp3) is 0.667. The quantitative estimate of drug-likeness (QED) is 0.811. The molecule has 1 amide bonds. The maximum absolute atomic E-state index is 11.9. The van der Waals surface area contributed by atoms with E-state index in [2.05, 4.69) is 10.3 Å². The molecule has 1 unspecified atom stereocenters. The van der Waals surface area contributed by atoms with Crippen molar-refractivity contribution in [1.29, 1.82) is 0 Å². The molecule has 0 aromatic carbocycles. The number of amides is 1. The molecule has 6 nitrogen and oxygen atoms in total. The van der Waals surface area contributed by atoms with Crippen LogP contribution < -0.4 is 5.32 Å². The van der Waals surface area contributed by atoms with Crippen molar-refractivity contribution in [2.24, 2.45) is 0 Å². The van der Waals surface area contributed by atoms with E-state index in [1.807, 2.05) is 27.7 Å². The Labute approximate surface area is 123 Å². The van der Waals surface area contributed by atoms with Gasteiger partial charge < -0.3 is 9.88 Å². The molecule has 114 valence electrons. The van der Waals surface area contributed by atoms with Crippen molar-refractivity contribution < 1.29 is 13.2 Å². The molecule has 0 fully saturated rings. The van der Waals surface area contributed by atoms with Crippen molar-refractivity contribution in [2.75, 3.05) is 0 Å². The van der Waals surface area contributed by atoms with Gasteiger partial charge in [0.25, 0.3) is 9.05 Å². The topological polar surface area (TPSA) is 81.1 Å². The van der Waals surface area contributed by atoms with Gasteiger partial charge in [0.15, 0.2) is 5.03 Å². The predicted octanol–water partition coefficient (Wildman–Crippen LogP) is 1.85. The largest absolute Gasteiger partial charge is 0.352 e. The molecule has 1 rings (SSSR count). The Morgan fingerprint density at radius 2 is 2.05 bits per heavy atom. The summed E-state index contributed by atoms with van der Waals surface area (Å²) in [5.41, 5.74) is 0. The summed E-state index contributed by atoms with van der Waals surface area (Å²) in [5, 5.41) is 2.60. The van der Waals surface area contributed by atoms with Gasteiger partial charge >= 0.3 is 0 Å². The smallest absolute Gasteiger partial charge is 0.280 e. The van der Waals surface area contributed by atoms with Crippen LogP contribution in [0, 0.1) is 0 Å². The first-order valence-corrected chi connectivity index (χ1v) is 8.77. The monoisotopic (exact) mass is 321 g/mol. The SMILES string of the molecule is CCC(C)NC(=O)Cn1cc(S(=O)(=O)Cl)nc1C(C)C. The zero-order valence-electron chi connectivity index (χ0n) is 12.1. The molecule has 0 radical (unpaired) electrons. The lowest BCUT2D eigenvalue weighted by molar-refractivity contribution is -0.122. The van der Waals surface area contributed by atoms with Gasteiger partial charge in [0.05, 0.1) is 0 Å². The molecule has 0 aliphatic heterocycles. The van der Waals surface area contributed by atoms with Crippen LogP contribution in [0.2, 0.25) is 0 Å². The third-order valence-corrected chi connectivity index (χ3v) is 4.06. The van der Waals surface area contributed by atoms with E-state index in [-0.39, 0.29) is 29.4 Å². The Hall–Kier alpha value is -1.08. The van der Waals surface area contributed by atoms with E-state index in [1.54, 1.807) is 0 Å². The number of carbonyl (C=O) groups is 1. The molecule has 1 aromatic rings. The van der Waals surface area contributed by atoms with Crippen LogP contribution in [0.4, 0.5) is 0 Å². The Bertz CT molecular complexity index is 581. The fourth-order valence-electron chi connectivity index (χ4n) is 1.69. The fourth-order valence-corrected chi connectivity index (χ4v) is 2.37. The van der Waals surface area contributed by atoms with Crippen LogP contribution in [0.15, 0.2) is 11.2 Å². The molecule has 0 saturated carbocycles. The summed E-state index contributed by atoms with van der Waals surface area (Å²) in [6.45, 7) is 7.65. The van der Waals surface area contributed by atoms with E-state index in [0.29, 0.717) is 5.82 Å². The Balaban J connectivity index is 2.99. The van der Waals surface area contributed by atoms with Gasteiger partial charge in [-0.3, -0.25) is 4.79 Å².